The van der Waals surface area contributed by atoms with E-state index in [1.54, 1.807) is 6.92 Å². The molecule has 0 N–H and O–H groups in total. The lowest BCUT2D eigenvalue weighted by molar-refractivity contribution is -0.225. The Kier molecular flexibility index (Phi) is 5.19. The molecule has 7 atom stereocenters. The average molecular weight is 395 g/mol. The van der Waals surface area contributed by atoms with Crippen molar-refractivity contribution in [1.29, 1.82) is 0 Å². The number of hydrogen-bond donors (Lipinski definition) is 0. The van der Waals surface area contributed by atoms with E-state index >= 15 is 0 Å². The molecule has 2 aliphatic carbocycles. The van der Waals surface area contributed by atoms with Crippen molar-refractivity contribution in [3.8, 4) is 0 Å². The lowest BCUT2D eigenvalue weighted by Crippen LogP contribution is -2.63. The van der Waals surface area contributed by atoms with Crippen LogP contribution in [0.5, 0.6) is 0 Å². The Morgan fingerprint density at radius 1 is 1.21 bits per heavy atom. The lowest BCUT2D eigenvalue weighted by Gasteiger charge is -2.57. The molecule has 2 saturated carbocycles. The predicted molar refractivity (Wildman–Crippen MR) is 102 cm³/mol. The third-order valence-electron chi connectivity index (χ3n) is 7.59. The quantitative estimate of drug-likeness (QED) is 0.536. The number of ether oxygens (including phenoxy) is 3. The molecule has 6 heteroatoms. The Bertz CT molecular complexity index is 687. The second-order valence-electron chi connectivity index (χ2n) is 10.0. The zero-order valence-corrected chi connectivity index (χ0v) is 18.2. The highest BCUT2D eigenvalue weighted by atomic mass is 16.7. The summed E-state index contributed by atoms with van der Waals surface area (Å²) in [7, 11) is 0. The monoisotopic (exact) mass is 394 g/mol. The highest BCUT2D eigenvalue weighted by molar-refractivity contribution is 5.84. The zero-order valence-electron chi connectivity index (χ0n) is 18.2. The van der Waals surface area contributed by atoms with E-state index in [0.29, 0.717) is 25.0 Å². The fourth-order valence-corrected chi connectivity index (χ4v) is 5.54. The standard InChI is InChI=1S/C22H34O6/c1-12(2)15-10-17-20(5,11-16(15)24)9-8-18(22(17,7)28-14(4)23)26-19(25)21(6)13(3)27-21/h12-13,15,17-18H,8-11H2,1-7H3. The van der Waals surface area contributed by atoms with Gasteiger partial charge in [0.15, 0.2) is 5.60 Å². The number of carbonyl (C=O) groups excluding carboxylic acids is 3. The van der Waals surface area contributed by atoms with Gasteiger partial charge in [0, 0.05) is 25.2 Å². The molecule has 6 nitrogen and oxygen atoms in total. The van der Waals surface area contributed by atoms with Gasteiger partial charge in [-0.1, -0.05) is 20.8 Å². The van der Waals surface area contributed by atoms with Crippen LogP contribution < -0.4 is 0 Å². The number of epoxide rings is 1. The van der Waals surface area contributed by atoms with Crippen LogP contribution in [0.4, 0.5) is 0 Å². The Morgan fingerprint density at radius 2 is 1.82 bits per heavy atom. The van der Waals surface area contributed by atoms with E-state index in [1.165, 1.54) is 6.92 Å². The van der Waals surface area contributed by atoms with Crippen molar-refractivity contribution in [2.24, 2.45) is 23.2 Å². The zero-order chi connectivity index (χ0) is 21.1. The van der Waals surface area contributed by atoms with E-state index in [1.807, 2.05) is 13.8 Å². The molecule has 158 valence electrons. The number of ketones is 1. The van der Waals surface area contributed by atoms with Crippen molar-refractivity contribution >= 4 is 17.7 Å². The molecular weight excluding hydrogens is 360 g/mol. The number of esters is 2. The molecule has 28 heavy (non-hydrogen) atoms. The van der Waals surface area contributed by atoms with Crippen LogP contribution in [0.15, 0.2) is 0 Å². The van der Waals surface area contributed by atoms with E-state index in [4.69, 9.17) is 14.2 Å². The smallest absolute Gasteiger partial charge is 0.341 e. The van der Waals surface area contributed by atoms with Crippen LogP contribution in [-0.4, -0.2) is 41.1 Å². The van der Waals surface area contributed by atoms with Gasteiger partial charge in [0.1, 0.15) is 17.5 Å². The first kappa shape index (κ1) is 21.3. The molecule has 3 aliphatic rings. The molecule has 0 aromatic carbocycles. The van der Waals surface area contributed by atoms with Gasteiger partial charge in [0.25, 0.3) is 0 Å². The molecule has 0 amide bonds. The fourth-order valence-electron chi connectivity index (χ4n) is 5.54. The molecule has 7 unspecified atom stereocenters. The third kappa shape index (κ3) is 3.38. The molecule has 1 aliphatic heterocycles. The summed E-state index contributed by atoms with van der Waals surface area (Å²) in [5.74, 6) is -0.395. The summed E-state index contributed by atoms with van der Waals surface area (Å²) in [6, 6.07) is 0. The third-order valence-corrected chi connectivity index (χ3v) is 7.59. The lowest BCUT2D eigenvalue weighted by atomic mass is 9.51. The van der Waals surface area contributed by atoms with E-state index in [0.717, 1.165) is 6.42 Å². The minimum Gasteiger partial charge on any atom is -0.456 e. The van der Waals surface area contributed by atoms with E-state index < -0.39 is 29.2 Å². The van der Waals surface area contributed by atoms with Crippen LogP contribution in [0.2, 0.25) is 0 Å². The van der Waals surface area contributed by atoms with Crippen molar-refractivity contribution < 1.29 is 28.6 Å². The summed E-state index contributed by atoms with van der Waals surface area (Å²) in [5, 5.41) is 0. The maximum absolute atomic E-state index is 12.8. The number of rotatable bonds is 4. The van der Waals surface area contributed by atoms with Crippen LogP contribution in [-0.2, 0) is 28.6 Å². The maximum Gasteiger partial charge on any atom is 0.341 e. The summed E-state index contributed by atoms with van der Waals surface area (Å²) in [4.78, 5) is 37.5. The Hall–Kier alpha value is -1.43. The van der Waals surface area contributed by atoms with Crippen molar-refractivity contribution in [2.75, 3.05) is 0 Å². The van der Waals surface area contributed by atoms with Crippen molar-refractivity contribution in [1.82, 2.24) is 0 Å². The van der Waals surface area contributed by atoms with Crippen molar-refractivity contribution in [3.63, 3.8) is 0 Å². The maximum atomic E-state index is 12.8. The largest absolute Gasteiger partial charge is 0.456 e. The number of hydrogen-bond acceptors (Lipinski definition) is 6. The highest BCUT2D eigenvalue weighted by Gasteiger charge is 2.63. The summed E-state index contributed by atoms with van der Waals surface area (Å²) < 4.78 is 17.2. The van der Waals surface area contributed by atoms with Crippen LogP contribution in [0.1, 0.15) is 74.1 Å². The van der Waals surface area contributed by atoms with E-state index in [9.17, 15) is 14.4 Å². The molecule has 0 bridgehead atoms. The van der Waals surface area contributed by atoms with Crippen molar-refractivity contribution in [3.05, 3.63) is 0 Å². The van der Waals surface area contributed by atoms with Gasteiger partial charge in [0.2, 0.25) is 0 Å². The van der Waals surface area contributed by atoms with Gasteiger partial charge in [-0.05, 0) is 51.4 Å². The summed E-state index contributed by atoms with van der Waals surface area (Å²) in [6.07, 6.45) is 1.73. The number of fused-ring (bicyclic) bond motifs is 1. The van der Waals surface area contributed by atoms with Crippen LogP contribution in [0, 0.1) is 23.2 Å². The SMILES string of the molecule is CC(=O)OC1(C)C(OC(=O)C2(C)OC2C)CCC2(C)CC(=O)C(C(C)C)CC21. The Labute approximate surface area is 167 Å². The average Bonchev–Trinajstić information content (AvgIpc) is 3.17. The first-order valence-corrected chi connectivity index (χ1v) is 10.4. The van der Waals surface area contributed by atoms with Gasteiger partial charge in [-0.15, -0.1) is 0 Å². The van der Waals surface area contributed by atoms with Crippen LogP contribution in [0.3, 0.4) is 0 Å². The predicted octanol–water partition coefficient (Wildman–Crippen LogP) is 3.45. The van der Waals surface area contributed by atoms with E-state index in [2.05, 4.69) is 20.8 Å². The van der Waals surface area contributed by atoms with Gasteiger partial charge in [-0.25, -0.2) is 4.79 Å². The van der Waals surface area contributed by atoms with Gasteiger partial charge in [0.05, 0.1) is 6.10 Å². The summed E-state index contributed by atoms with van der Waals surface area (Å²) in [5.41, 5.74) is -2.14. The highest BCUT2D eigenvalue weighted by Crippen LogP contribution is 2.57. The first-order chi connectivity index (χ1) is 12.8. The number of Topliss-reactive ketones (excluding diaryl/α,β-unsaturated/α-hetero) is 1. The molecule has 3 fully saturated rings. The van der Waals surface area contributed by atoms with Gasteiger partial charge >= 0.3 is 11.9 Å². The Balaban J connectivity index is 1.92. The second kappa shape index (κ2) is 6.82. The second-order valence-corrected chi connectivity index (χ2v) is 10.0. The number of carbonyl (C=O) groups is 3. The summed E-state index contributed by atoms with van der Waals surface area (Å²) in [6.45, 7) is 13.1. The fraction of sp³-hybridized carbons (Fsp3) is 0.864. The van der Waals surface area contributed by atoms with Gasteiger partial charge in [-0.2, -0.15) is 0 Å². The molecule has 1 heterocycles. The minimum absolute atomic E-state index is 0.0501. The summed E-state index contributed by atoms with van der Waals surface area (Å²) >= 11 is 0. The van der Waals surface area contributed by atoms with Crippen molar-refractivity contribution in [2.45, 2.75) is 97.6 Å². The molecule has 3 rings (SSSR count). The molecule has 1 saturated heterocycles. The van der Waals surface area contributed by atoms with E-state index in [-0.39, 0.29) is 29.3 Å². The first-order valence-electron chi connectivity index (χ1n) is 10.4. The molecule has 0 aromatic heterocycles. The van der Waals surface area contributed by atoms with Gasteiger partial charge in [-0.3, -0.25) is 9.59 Å². The molecule has 0 aromatic rings. The molecule has 0 radical (unpaired) electrons. The normalized spacial score (nSPS) is 45.4. The van der Waals surface area contributed by atoms with Crippen LogP contribution >= 0.6 is 0 Å². The van der Waals surface area contributed by atoms with Crippen LogP contribution in [0.25, 0.3) is 0 Å². The topological polar surface area (TPSA) is 82.2 Å². The minimum atomic E-state index is -0.961. The van der Waals surface area contributed by atoms with Gasteiger partial charge < -0.3 is 14.2 Å². The Morgan fingerprint density at radius 3 is 2.32 bits per heavy atom. The molecular formula is C22H34O6. The molecule has 0 spiro atoms.